The van der Waals surface area contributed by atoms with Gasteiger partial charge in [0.05, 0.1) is 24.9 Å². The predicted octanol–water partition coefficient (Wildman–Crippen LogP) is 1.42. The van der Waals surface area contributed by atoms with Gasteiger partial charge in [0.2, 0.25) is 17.5 Å². The molecule has 2 unspecified atom stereocenters. The average Bonchev–Trinajstić information content (AvgIpc) is 3.03. The maximum Gasteiger partial charge on any atom is 0.239 e. The minimum Gasteiger partial charge on any atom is -0.507 e. The van der Waals surface area contributed by atoms with Gasteiger partial charge >= 0.3 is 0 Å². The van der Waals surface area contributed by atoms with E-state index in [1.165, 1.54) is 27.0 Å². The van der Waals surface area contributed by atoms with Crippen molar-refractivity contribution in [3.63, 3.8) is 0 Å². The van der Waals surface area contributed by atoms with Crippen LogP contribution in [-0.2, 0) is 14.2 Å². The summed E-state index contributed by atoms with van der Waals surface area (Å²) < 4.78 is 41.1. The summed E-state index contributed by atoms with van der Waals surface area (Å²) in [6.45, 7) is 6.58. The molecule has 0 spiro atoms. The number of hydrogen-bond donors (Lipinski definition) is 6. The molecule has 2 fully saturated rings. The molecular weight excluding hydrogens is 620 g/mol. The van der Waals surface area contributed by atoms with Gasteiger partial charge in [0.1, 0.15) is 58.8 Å². The number of aliphatic hydroxyl groups excluding tert-OH is 5. The molecule has 6 rings (SSSR count). The molecule has 0 amide bonds. The fraction of sp³-hybridized carbons (Fsp3) is 0.485. The van der Waals surface area contributed by atoms with Crippen molar-refractivity contribution >= 4 is 17.0 Å². The van der Waals surface area contributed by atoms with Crippen LogP contribution < -0.4 is 19.6 Å². The van der Waals surface area contributed by atoms with E-state index in [2.05, 4.69) is 0 Å². The Kier molecular flexibility index (Phi) is 8.74. The second-order valence-corrected chi connectivity index (χ2v) is 12.5. The van der Waals surface area contributed by atoms with Crippen molar-refractivity contribution in [3.05, 3.63) is 52.2 Å². The maximum absolute atomic E-state index is 14.3. The third-order valence-electron chi connectivity index (χ3n) is 8.60. The summed E-state index contributed by atoms with van der Waals surface area (Å²) in [5, 5.41) is 63.6. The van der Waals surface area contributed by atoms with E-state index in [4.69, 9.17) is 32.8 Å². The summed E-state index contributed by atoms with van der Waals surface area (Å²) in [5.74, 6) is -0.125. The van der Waals surface area contributed by atoms with Crippen LogP contribution in [0.1, 0.15) is 33.3 Å². The van der Waals surface area contributed by atoms with E-state index in [1.807, 2.05) is 13.8 Å². The monoisotopic (exact) mass is 658 g/mol. The summed E-state index contributed by atoms with van der Waals surface area (Å²) in [4.78, 5) is 14.3. The van der Waals surface area contributed by atoms with Crippen molar-refractivity contribution in [1.82, 2.24) is 0 Å². The van der Waals surface area contributed by atoms with E-state index in [0.29, 0.717) is 22.6 Å². The number of methoxy groups -OCH3 is 1. The minimum absolute atomic E-state index is 0.0244. The molecule has 4 heterocycles. The molecule has 3 aliphatic heterocycles. The van der Waals surface area contributed by atoms with Crippen molar-refractivity contribution in [2.45, 2.75) is 94.7 Å². The van der Waals surface area contributed by atoms with Gasteiger partial charge in [0.25, 0.3) is 0 Å². The number of fused-ring (bicyclic) bond motifs is 3. The fourth-order valence-electron chi connectivity index (χ4n) is 5.85. The zero-order valence-corrected chi connectivity index (χ0v) is 26.3. The van der Waals surface area contributed by atoms with E-state index in [0.717, 1.165) is 0 Å². The van der Waals surface area contributed by atoms with Crippen LogP contribution in [0.5, 0.6) is 23.0 Å². The highest BCUT2D eigenvalue weighted by Crippen LogP contribution is 2.43. The molecule has 254 valence electrons. The lowest BCUT2D eigenvalue weighted by Gasteiger charge is -2.45. The number of phenolic OH excluding ortho intramolecular Hbond substituents is 1. The van der Waals surface area contributed by atoms with E-state index < -0.39 is 83.9 Å². The van der Waals surface area contributed by atoms with E-state index in [-0.39, 0.29) is 16.7 Å². The quantitative estimate of drug-likeness (QED) is 0.222. The Hall–Kier alpha value is -3.73. The van der Waals surface area contributed by atoms with Gasteiger partial charge in [-0.2, -0.15) is 0 Å². The van der Waals surface area contributed by atoms with Crippen LogP contribution in [0.4, 0.5) is 0 Å². The lowest BCUT2D eigenvalue weighted by Crippen LogP contribution is -2.63. The highest BCUT2D eigenvalue weighted by atomic mass is 16.8. The molecule has 6 N–H and O–H groups in total. The van der Waals surface area contributed by atoms with Crippen LogP contribution in [0.25, 0.3) is 28.4 Å². The lowest BCUT2D eigenvalue weighted by atomic mass is 9.98. The summed E-state index contributed by atoms with van der Waals surface area (Å²) >= 11 is 0. The van der Waals surface area contributed by atoms with Gasteiger partial charge in [-0.05, 0) is 64.1 Å². The number of ether oxygens (including phenoxy) is 6. The first-order valence-electron chi connectivity index (χ1n) is 15.1. The average molecular weight is 659 g/mol. The topological polar surface area (TPSA) is 207 Å². The zero-order valence-electron chi connectivity index (χ0n) is 26.3. The Bertz CT molecular complexity index is 1720. The van der Waals surface area contributed by atoms with Gasteiger partial charge in [-0.15, -0.1) is 0 Å². The second kappa shape index (κ2) is 12.4. The number of phenols is 1. The molecule has 1 aromatic heterocycles. The Balaban J connectivity index is 1.48. The Morgan fingerprint density at radius 2 is 1.49 bits per heavy atom. The van der Waals surface area contributed by atoms with Gasteiger partial charge in [0.15, 0.2) is 23.7 Å². The standard InChI is InChI=1S/C33H38O14/c1-13-21(35)24(38)26(40)31(42-13)46-30-25(39)22(36)14(2)43-32(30)45-29-23(37)20-18(34)12-19-17(10-11-33(3,4)47-19)28(20)44-27(29)15-6-8-16(41-5)9-7-15/h6-14,21-22,24-26,30-32,34-36,38-40H,1-5H3/t13-,14-,21-,22-,24+,25+,26+,30+,31?,32?/m0/s1. The first-order chi connectivity index (χ1) is 22.2. The molecule has 10 atom stereocenters. The number of benzene rings is 2. The lowest BCUT2D eigenvalue weighted by molar-refractivity contribution is -0.352. The molecule has 14 nitrogen and oxygen atoms in total. The summed E-state index contributed by atoms with van der Waals surface area (Å²) in [6.07, 6.45) is -11.3. The zero-order chi connectivity index (χ0) is 33.9. The van der Waals surface area contributed by atoms with Gasteiger partial charge in [-0.25, -0.2) is 0 Å². The minimum atomic E-state index is -1.76. The van der Waals surface area contributed by atoms with Crippen LogP contribution in [-0.4, -0.2) is 105 Å². The normalized spacial score (nSPS) is 33.2. The molecule has 0 radical (unpaired) electrons. The van der Waals surface area contributed by atoms with Crippen LogP contribution in [0.2, 0.25) is 0 Å². The Morgan fingerprint density at radius 3 is 2.15 bits per heavy atom. The van der Waals surface area contributed by atoms with Gasteiger partial charge in [-0.3, -0.25) is 4.79 Å². The number of rotatable bonds is 6. The third kappa shape index (κ3) is 5.96. The third-order valence-corrected chi connectivity index (χ3v) is 8.60. The van der Waals surface area contributed by atoms with Crippen LogP contribution >= 0.6 is 0 Å². The molecule has 47 heavy (non-hydrogen) atoms. The number of aliphatic hydroxyl groups is 5. The van der Waals surface area contributed by atoms with E-state index >= 15 is 0 Å². The molecule has 3 aromatic rings. The summed E-state index contributed by atoms with van der Waals surface area (Å²) in [7, 11) is 1.50. The predicted molar refractivity (Wildman–Crippen MR) is 164 cm³/mol. The summed E-state index contributed by atoms with van der Waals surface area (Å²) in [5.41, 5.74) is -0.677. The molecule has 2 aromatic carbocycles. The van der Waals surface area contributed by atoms with Crippen LogP contribution in [0.3, 0.4) is 0 Å². The molecule has 0 saturated carbocycles. The Labute approximate surface area is 268 Å². The SMILES string of the molecule is COc1ccc(-c2oc3c4c(cc(O)c3c(=O)c2OC2O[C@@H](C)[C@H](O)[C@@H](O)[C@H]2OC2O[C@@H](C)[C@H](O)[C@@H](O)[C@H]2O)OC(C)(C)C=C4)cc1. The fourth-order valence-corrected chi connectivity index (χ4v) is 5.85. The number of hydrogen-bond acceptors (Lipinski definition) is 14. The smallest absolute Gasteiger partial charge is 0.239 e. The molecule has 2 saturated heterocycles. The van der Waals surface area contributed by atoms with Gasteiger partial charge in [-0.1, -0.05) is 0 Å². The van der Waals surface area contributed by atoms with Crippen molar-refractivity contribution in [3.8, 4) is 34.3 Å². The Morgan fingerprint density at radius 1 is 0.851 bits per heavy atom. The van der Waals surface area contributed by atoms with Crippen LogP contribution in [0, 0.1) is 0 Å². The maximum atomic E-state index is 14.3. The number of aromatic hydroxyl groups is 1. The van der Waals surface area contributed by atoms with Gasteiger partial charge in [0, 0.05) is 11.6 Å². The van der Waals surface area contributed by atoms with Crippen molar-refractivity contribution in [1.29, 1.82) is 0 Å². The van der Waals surface area contributed by atoms with Crippen molar-refractivity contribution in [2.75, 3.05) is 7.11 Å². The van der Waals surface area contributed by atoms with Crippen LogP contribution in [0.15, 0.2) is 45.6 Å². The van der Waals surface area contributed by atoms with Crippen molar-refractivity contribution < 1.29 is 63.5 Å². The van der Waals surface area contributed by atoms with Crippen molar-refractivity contribution in [2.24, 2.45) is 0 Å². The highest BCUT2D eigenvalue weighted by Gasteiger charge is 2.50. The highest BCUT2D eigenvalue weighted by molar-refractivity contribution is 5.95. The first-order valence-corrected chi connectivity index (χ1v) is 15.1. The molecule has 3 aliphatic rings. The summed E-state index contributed by atoms with van der Waals surface area (Å²) in [6, 6.07) is 7.83. The molecule has 0 bridgehead atoms. The second-order valence-electron chi connectivity index (χ2n) is 12.5. The molecule has 14 heteroatoms. The van der Waals surface area contributed by atoms with E-state index in [9.17, 15) is 35.4 Å². The van der Waals surface area contributed by atoms with Gasteiger partial charge < -0.3 is 63.5 Å². The van der Waals surface area contributed by atoms with E-state index in [1.54, 1.807) is 36.4 Å². The first kappa shape index (κ1) is 33.2. The molecular formula is C33H38O14. The largest absolute Gasteiger partial charge is 0.507 e. The molecule has 0 aliphatic carbocycles.